The highest BCUT2D eigenvalue weighted by molar-refractivity contribution is 5.90. The molecule has 3 N–H and O–H groups in total. The van der Waals surface area contributed by atoms with Crippen molar-refractivity contribution in [3.63, 3.8) is 0 Å². The number of amides is 2. The summed E-state index contributed by atoms with van der Waals surface area (Å²) in [6.07, 6.45) is 1.38. The second-order valence-electron chi connectivity index (χ2n) is 5.14. The molecule has 5 nitrogen and oxygen atoms in total. The second kappa shape index (κ2) is 8.24. The molecule has 1 unspecified atom stereocenters. The van der Waals surface area contributed by atoms with Crippen LogP contribution in [-0.2, 0) is 4.79 Å². The van der Waals surface area contributed by atoms with Gasteiger partial charge in [-0.1, -0.05) is 19.1 Å². The van der Waals surface area contributed by atoms with Gasteiger partial charge >= 0.3 is 12.0 Å². The average Bonchev–Trinajstić information content (AvgIpc) is 2.41. The van der Waals surface area contributed by atoms with Gasteiger partial charge in [-0.2, -0.15) is 0 Å². The molecule has 0 spiro atoms. The third-order valence-electron chi connectivity index (χ3n) is 3.23. The van der Waals surface area contributed by atoms with E-state index >= 15 is 0 Å². The lowest BCUT2D eigenvalue weighted by Crippen LogP contribution is -2.31. The highest BCUT2D eigenvalue weighted by Gasteiger charge is 2.10. The Morgan fingerprint density at radius 3 is 2.67 bits per heavy atom. The van der Waals surface area contributed by atoms with Crippen LogP contribution in [0.1, 0.15) is 31.7 Å². The highest BCUT2D eigenvalue weighted by Crippen LogP contribution is 2.18. The molecule has 1 aromatic rings. The lowest BCUT2D eigenvalue weighted by atomic mass is 10.0. The van der Waals surface area contributed by atoms with Gasteiger partial charge in [0.2, 0.25) is 0 Å². The molecule has 2 amide bonds. The van der Waals surface area contributed by atoms with Crippen LogP contribution in [0.5, 0.6) is 0 Å². The predicted octanol–water partition coefficient (Wildman–Crippen LogP) is 3.15. The fraction of sp³-hybridized carbons (Fsp3) is 0.467. The van der Waals surface area contributed by atoms with E-state index in [1.807, 2.05) is 6.92 Å². The van der Waals surface area contributed by atoms with E-state index < -0.39 is 17.8 Å². The molecule has 0 radical (unpaired) electrons. The fourth-order valence-electron chi connectivity index (χ4n) is 1.89. The summed E-state index contributed by atoms with van der Waals surface area (Å²) in [5.74, 6) is -1.08. The van der Waals surface area contributed by atoms with Crippen LogP contribution in [0.25, 0.3) is 0 Å². The zero-order chi connectivity index (χ0) is 15.8. The Morgan fingerprint density at radius 1 is 1.33 bits per heavy atom. The van der Waals surface area contributed by atoms with Gasteiger partial charge < -0.3 is 15.7 Å². The SMILES string of the molecule is Cc1cccc(F)c1NC(=O)NCCC(C)CCC(=O)O. The number of aryl methyl sites for hydroxylation is 1. The number of urea groups is 1. The Hall–Kier alpha value is -2.11. The normalized spacial score (nSPS) is 11.8. The average molecular weight is 296 g/mol. The lowest BCUT2D eigenvalue weighted by Gasteiger charge is -2.13. The van der Waals surface area contributed by atoms with Crippen LogP contribution in [0, 0.1) is 18.7 Å². The van der Waals surface area contributed by atoms with Gasteiger partial charge in [0.25, 0.3) is 0 Å². The van der Waals surface area contributed by atoms with E-state index in [2.05, 4.69) is 10.6 Å². The van der Waals surface area contributed by atoms with Crippen molar-refractivity contribution in [2.75, 3.05) is 11.9 Å². The van der Waals surface area contributed by atoms with Crippen LogP contribution in [0.4, 0.5) is 14.9 Å². The first kappa shape index (κ1) is 16.9. The van der Waals surface area contributed by atoms with E-state index in [9.17, 15) is 14.0 Å². The van der Waals surface area contributed by atoms with E-state index in [0.717, 1.165) is 0 Å². The maximum Gasteiger partial charge on any atom is 0.319 e. The van der Waals surface area contributed by atoms with E-state index in [1.165, 1.54) is 6.07 Å². The number of carboxylic acid groups (broad SMARTS) is 1. The third kappa shape index (κ3) is 6.25. The summed E-state index contributed by atoms with van der Waals surface area (Å²) in [5.41, 5.74) is 0.828. The maximum atomic E-state index is 13.5. The van der Waals surface area contributed by atoms with Crippen LogP contribution in [0.3, 0.4) is 0 Å². The summed E-state index contributed by atoms with van der Waals surface area (Å²) in [6.45, 7) is 4.07. The minimum Gasteiger partial charge on any atom is -0.481 e. The number of hydrogen-bond acceptors (Lipinski definition) is 2. The molecule has 1 aromatic carbocycles. The van der Waals surface area contributed by atoms with E-state index in [0.29, 0.717) is 24.9 Å². The molecule has 0 fully saturated rings. The Labute approximate surface area is 123 Å². The van der Waals surface area contributed by atoms with Gasteiger partial charge in [0.1, 0.15) is 5.82 Å². The quantitative estimate of drug-likeness (QED) is 0.723. The standard InChI is InChI=1S/C15H21FN2O3/c1-10(6-7-13(19)20)8-9-17-15(21)18-14-11(2)4-3-5-12(14)16/h3-5,10H,6-9H2,1-2H3,(H,19,20)(H2,17,18,21). The number of aliphatic carboxylic acids is 1. The van der Waals surface area contributed by atoms with Gasteiger partial charge in [-0.3, -0.25) is 4.79 Å². The molecule has 0 saturated carbocycles. The minimum atomic E-state index is -0.817. The van der Waals surface area contributed by atoms with Crippen LogP contribution < -0.4 is 10.6 Å². The molecule has 21 heavy (non-hydrogen) atoms. The summed E-state index contributed by atoms with van der Waals surface area (Å²) < 4.78 is 13.5. The summed E-state index contributed by atoms with van der Waals surface area (Å²) >= 11 is 0. The molecule has 0 aliphatic heterocycles. The number of benzene rings is 1. The van der Waals surface area contributed by atoms with Crippen LogP contribution in [0.2, 0.25) is 0 Å². The first-order valence-electron chi connectivity index (χ1n) is 6.92. The van der Waals surface area contributed by atoms with Gasteiger partial charge in [0.15, 0.2) is 0 Å². The smallest absolute Gasteiger partial charge is 0.319 e. The molecule has 1 atom stereocenters. The molecule has 0 aliphatic carbocycles. The number of carbonyl (C=O) groups excluding carboxylic acids is 1. The number of nitrogens with one attached hydrogen (secondary N) is 2. The lowest BCUT2D eigenvalue weighted by molar-refractivity contribution is -0.137. The van der Waals surface area contributed by atoms with Crippen LogP contribution >= 0.6 is 0 Å². The zero-order valence-corrected chi connectivity index (χ0v) is 12.3. The van der Waals surface area contributed by atoms with E-state index in [1.54, 1.807) is 19.1 Å². The topological polar surface area (TPSA) is 78.4 Å². The van der Waals surface area contributed by atoms with Crippen molar-refractivity contribution < 1.29 is 19.1 Å². The van der Waals surface area contributed by atoms with Crippen molar-refractivity contribution in [1.82, 2.24) is 5.32 Å². The number of rotatable bonds is 7. The molecule has 6 heteroatoms. The summed E-state index contributed by atoms with van der Waals surface area (Å²) in [5, 5.41) is 13.7. The van der Waals surface area contributed by atoms with Crippen molar-refractivity contribution in [2.24, 2.45) is 5.92 Å². The second-order valence-corrected chi connectivity index (χ2v) is 5.14. The number of carboxylic acids is 1. The number of anilines is 1. The monoisotopic (exact) mass is 296 g/mol. The van der Waals surface area contributed by atoms with Crippen molar-refractivity contribution in [3.05, 3.63) is 29.6 Å². The van der Waals surface area contributed by atoms with Gasteiger partial charge in [0, 0.05) is 13.0 Å². The first-order valence-corrected chi connectivity index (χ1v) is 6.92. The van der Waals surface area contributed by atoms with E-state index in [4.69, 9.17) is 5.11 Å². The molecule has 0 saturated heterocycles. The molecular weight excluding hydrogens is 275 g/mol. The van der Waals surface area contributed by atoms with Gasteiger partial charge in [-0.25, -0.2) is 9.18 Å². The molecule has 116 valence electrons. The third-order valence-corrected chi connectivity index (χ3v) is 3.23. The Kier molecular flexibility index (Phi) is 6.65. The Balaban J connectivity index is 2.33. The summed E-state index contributed by atoms with van der Waals surface area (Å²) in [7, 11) is 0. The predicted molar refractivity (Wildman–Crippen MR) is 78.8 cm³/mol. The Bertz CT molecular complexity index is 485. The van der Waals surface area contributed by atoms with Crippen molar-refractivity contribution >= 4 is 17.7 Å². The summed E-state index contributed by atoms with van der Waals surface area (Å²) in [4.78, 5) is 22.1. The Morgan fingerprint density at radius 2 is 2.05 bits per heavy atom. The number of carbonyl (C=O) groups is 2. The van der Waals surface area contributed by atoms with Crippen molar-refractivity contribution in [1.29, 1.82) is 0 Å². The minimum absolute atomic E-state index is 0.127. The van der Waals surface area contributed by atoms with Crippen molar-refractivity contribution in [3.8, 4) is 0 Å². The molecule has 0 bridgehead atoms. The fourth-order valence-corrected chi connectivity index (χ4v) is 1.89. The maximum absolute atomic E-state index is 13.5. The largest absolute Gasteiger partial charge is 0.481 e. The van der Waals surface area contributed by atoms with Crippen molar-refractivity contribution in [2.45, 2.75) is 33.1 Å². The van der Waals surface area contributed by atoms with Crippen LogP contribution in [-0.4, -0.2) is 23.7 Å². The number of para-hydroxylation sites is 1. The molecule has 0 aromatic heterocycles. The first-order chi connectivity index (χ1) is 9.90. The van der Waals surface area contributed by atoms with E-state index in [-0.39, 0.29) is 18.0 Å². The van der Waals surface area contributed by atoms with Gasteiger partial charge in [0.05, 0.1) is 5.69 Å². The summed E-state index contributed by atoms with van der Waals surface area (Å²) in [6, 6.07) is 4.12. The van der Waals surface area contributed by atoms with Gasteiger partial charge in [-0.05, 0) is 37.3 Å². The zero-order valence-electron chi connectivity index (χ0n) is 12.3. The number of halogens is 1. The molecule has 0 heterocycles. The number of hydrogen-bond donors (Lipinski definition) is 3. The molecular formula is C15H21FN2O3. The molecule has 1 rings (SSSR count). The molecule has 0 aliphatic rings. The van der Waals surface area contributed by atoms with Crippen LogP contribution in [0.15, 0.2) is 18.2 Å². The van der Waals surface area contributed by atoms with Gasteiger partial charge in [-0.15, -0.1) is 0 Å². The highest BCUT2D eigenvalue weighted by atomic mass is 19.1.